The number of amides is 3. The van der Waals surface area contributed by atoms with Crippen LogP contribution >= 0.6 is 11.6 Å². The van der Waals surface area contributed by atoms with Crippen LogP contribution < -0.4 is 5.32 Å². The highest BCUT2D eigenvalue weighted by molar-refractivity contribution is 6.30. The van der Waals surface area contributed by atoms with E-state index in [-0.39, 0.29) is 23.2 Å². The molecule has 0 spiro atoms. The maximum Gasteiger partial charge on any atom is 0.338 e. The monoisotopic (exact) mass is 498 g/mol. The van der Waals surface area contributed by atoms with Crippen LogP contribution in [-0.2, 0) is 16.1 Å². The Morgan fingerprint density at radius 1 is 0.833 bits per heavy atom. The third-order valence-corrected chi connectivity index (χ3v) is 6.11. The molecule has 0 saturated heterocycles. The lowest BCUT2D eigenvalue weighted by Crippen LogP contribution is -2.29. The summed E-state index contributed by atoms with van der Waals surface area (Å²) in [5, 5.41) is 5.13. The van der Waals surface area contributed by atoms with Crippen LogP contribution in [0.3, 0.4) is 0 Å². The SMILES string of the molecule is O=C(COC(=O)c1ccc2c(c1)C(=O)N(Cc1ccc(Cl)cc1)C2=O)Nc1cccc2ccccc12. The highest BCUT2D eigenvalue weighted by Gasteiger charge is 2.36. The minimum Gasteiger partial charge on any atom is -0.452 e. The molecule has 1 N–H and O–H groups in total. The Balaban J connectivity index is 1.24. The Morgan fingerprint density at radius 3 is 2.36 bits per heavy atom. The molecule has 7 nitrogen and oxygen atoms in total. The van der Waals surface area contributed by atoms with Gasteiger partial charge in [0.15, 0.2) is 6.61 Å². The number of nitrogens with one attached hydrogen (secondary N) is 1. The molecular weight excluding hydrogens is 480 g/mol. The molecule has 8 heteroatoms. The van der Waals surface area contributed by atoms with Gasteiger partial charge in [-0.3, -0.25) is 19.3 Å². The third-order valence-electron chi connectivity index (χ3n) is 5.86. The highest BCUT2D eigenvalue weighted by Crippen LogP contribution is 2.27. The number of imide groups is 1. The van der Waals surface area contributed by atoms with Crippen molar-refractivity contribution in [2.24, 2.45) is 0 Å². The van der Waals surface area contributed by atoms with Gasteiger partial charge in [0.2, 0.25) is 0 Å². The molecule has 0 bridgehead atoms. The van der Waals surface area contributed by atoms with Gasteiger partial charge in [-0.05, 0) is 47.3 Å². The van der Waals surface area contributed by atoms with E-state index >= 15 is 0 Å². The van der Waals surface area contributed by atoms with Crippen molar-refractivity contribution < 1.29 is 23.9 Å². The quantitative estimate of drug-likeness (QED) is 0.295. The maximum absolute atomic E-state index is 12.9. The van der Waals surface area contributed by atoms with Gasteiger partial charge in [-0.2, -0.15) is 0 Å². The number of anilines is 1. The highest BCUT2D eigenvalue weighted by atomic mass is 35.5. The zero-order chi connectivity index (χ0) is 25.2. The zero-order valence-corrected chi connectivity index (χ0v) is 19.6. The number of nitrogens with zero attached hydrogens (tertiary/aromatic N) is 1. The fourth-order valence-electron chi connectivity index (χ4n) is 4.07. The molecule has 0 fully saturated rings. The molecule has 1 aliphatic rings. The van der Waals surface area contributed by atoms with Crippen LogP contribution in [0.5, 0.6) is 0 Å². The van der Waals surface area contributed by atoms with Gasteiger partial charge in [-0.1, -0.05) is 60.1 Å². The number of ether oxygens (including phenoxy) is 1. The van der Waals surface area contributed by atoms with Crippen molar-refractivity contribution in [3.8, 4) is 0 Å². The van der Waals surface area contributed by atoms with Gasteiger partial charge in [0.05, 0.1) is 23.2 Å². The third kappa shape index (κ3) is 4.56. The molecule has 4 aromatic carbocycles. The summed E-state index contributed by atoms with van der Waals surface area (Å²) in [6, 6.07) is 24.1. The Bertz CT molecular complexity index is 1530. The van der Waals surface area contributed by atoms with Gasteiger partial charge in [-0.25, -0.2) is 4.79 Å². The van der Waals surface area contributed by atoms with E-state index in [0.29, 0.717) is 10.7 Å². The topological polar surface area (TPSA) is 92.8 Å². The number of carbonyl (C=O) groups excluding carboxylic acids is 4. The van der Waals surface area contributed by atoms with Crippen LogP contribution in [0.1, 0.15) is 36.6 Å². The summed E-state index contributed by atoms with van der Waals surface area (Å²) in [7, 11) is 0. The molecule has 1 aliphatic heterocycles. The number of halogens is 1. The number of hydrogen-bond donors (Lipinski definition) is 1. The van der Waals surface area contributed by atoms with E-state index < -0.39 is 30.3 Å². The zero-order valence-electron chi connectivity index (χ0n) is 18.9. The average molecular weight is 499 g/mol. The van der Waals surface area contributed by atoms with Crippen LogP contribution in [0.25, 0.3) is 10.8 Å². The van der Waals surface area contributed by atoms with E-state index in [2.05, 4.69) is 5.32 Å². The van der Waals surface area contributed by atoms with E-state index in [0.717, 1.165) is 21.2 Å². The van der Waals surface area contributed by atoms with Crippen molar-refractivity contribution in [3.63, 3.8) is 0 Å². The Kier molecular flexibility index (Phi) is 6.23. The summed E-state index contributed by atoms with van der Waals surface area (Å²) >= 11 is 5.90. The summed E-state index contributed by atoms with van der Waals surface area (Å²) in [4.78, 5) is 51.7. The summed E-state index contributed by atoms with van der Waals surface area (Å²) in [6.07, 6.45) is 0. The number of fused-ring (bicyclic) bond motifs is 2. The first-order chi connectivity index (χ1) is 17.4. The Morgan fingerprint density at radius 2 is 1.56 bits per heavy atom. The fraction of sp³-hybridized carbons (Fsp3) is 0.0714. The molecule has 0 unspecified atom stereocenters. The largest absolute Gasteiger partial charge is 0.452 e. The van der Waals surface area contributed by atoms with E-state index in [1.165, 1.54) is 18.2 Å². The molecule has 0 radical (unpaired) electrons. The molecule has 3 amide bonds. The van der Waals surface area contributed by atoms with Crippen LogP contribution in [-0.4, -0.2) is 35.2 Å². The maximum atomic E-state index is 12.9. The summed E-state index contributed by atoms with van der Waals surface area (Å²) in [5.41, 5.74) is 1.74. The first-order valence-electron chi connectivity index (χ1n) is 11.1. The number of esters is 1. The molecule has 0 saturated carbocycles. The van der Waals surface area contributed by atoms with E-state index in [9.17, 15) is 19.2 Å². The minimum atomic E-state index is -0.776. The van der Waals surface area contributed by atoms with Crippen molar-refractivity contribution in [1.82, 2.24) is 4.90 Å². The van der Waals surface area contributed by atoms with Crippen molar-refractivity contribution in [2.45, 2.75) is 6.54 Å². The van der Waals surface area contributed by atoms with Crippen molar-refractivity contribution in [2.75, 3.05) is 11.9 Å². The lowest BCUT2D eigenvalue weighted by Gasteiger charge is -2.13. The van der Waals surface area contributed by atoms with Crippen molar-refractivity contribution >= 4 is 51.8 Å². The molecule has 1 heterocycles. The summed E-state index contributed by atoms with van der Waals surface area (Å²) in [5.74, 6) is -2.23. The summed E-state index contributed by atoms with van der Waals surface area (Å²) in [6.45, 7) is -0.424. The Hall–Kier alpha value is -4.49. The van der Waals surface area contributed by atoms with Crippen molar-refractivity contribution in [3.05, 3.63) is 112 Å². The lowest BCUT2D eigenvalue weighted by atomic mass is 10.1. The summed E-state index contributed by atoms with van der Waals surface area (Å²) < 4.78 is 5.16. The van der Waals surface area contributed by atoms with Gasteiger partial charge in [0.1, 0.15) is 0 Å². The van der Waals surface area contributed by atoms with E-state index in [4.69, 9.17) is 16.3 Å². The van der Waals surface area contributed by atoms with Crippen LogP contribution in [0.2, 0.25) is 5.02 Å². The van der Waals surface area contributed by atoms with Crippen LogP contribution in [0, 0.1) is 0 Å². The standard InChI is InChI=1S/C28H19ClN2O5/c29-20-11-8-17(9-12-20)15-31-26(33)22-13-10-19(14-23(22)27(31)34)28(35)36-16-25(32)30-24-7-3-5-18-4-1-2-6-21(18)24/h1-14H,15-16H2,(H,30,32). The molecule has 0 aromatic heterocycles. The fourth-order valence-corrected chi connectivity index (χ4v) is 4.19. The van der Waals surface area contributed by atoms with E-state index in [1.807, 2.05) is 36.4 Å². The molecule has 0 atom stereocenters. The Labute approximate surface area is 211 Å². The molecule has 178 valence electrons. The minimum absolute atomic E-state index is 0.0706. The van der Waals surface area contributed by atoms with Gasteiger partial charge < -0.3 is 10.1 Å². The van der Waals surface area contributed by atoms with Gasteiger partial charge in [-0.15, -0.1) is 0 Å². The second-order valence-corrected chi connectivity index (χ2v) is 8.67. The number of hydrogen-bond acceptors (Lipinski definition) is 5. The molecule has 5 rings (SSSR count). The second-order valence-electron chi connectivity index (χ2n) is 8.23. The van der Waals surface area contributed by atoms with Crippen LogP contribution in [0.15, 0.2) is 84.9 Å². The number of benzene rings is 4. The molecule has 36 heavy (non-hydrogen) atoms. The number of carbonyl (C=O) groups is 4. The van der Waals surface area contributed by atoms with Gasteiger partial charge >= 0.3 is 5.97 Å². The molecule has 4 aromatic rings. The first-order valence-corrected chi connectivity index (χ1v) is 11.5. The molecular formula is C28H19ClN2O5. The van der Waals surface area contributed by atoms with Gasteiger partial charge in [0, 0.05) is 16.1 Å². The molecule has 0 aliphatic carbocycles. The normalized spacial score (nSPS) is 12.5. The number of rotatable bonds is 6. The van der Waals surface area contributed by atoms with E-state index in [1.54, 1.807) is 30.3 Å². The first kappa shape index (κ1) is 23.3. The smallest absolute Gasteiger partial charge is 0.338 e. The predicted molar refractivity (Wildman–Crippen MR) is 135 cm³/mol. The predicted octanol–water partition coefficient (Wildman–Crippen LogP) is 5.08. The lowest BCUT2D eigenvalue weighted by molar-refractivity contribution is -0.119. The van der Waals surface area contributed by atoms with Gasteiger partial charge in [0.25, 0.3) is 17.7 Å². The second kappa shape index (κ2) is 9.64. The van der Waals surface area contributed by atoms with Crippen LogP contribution in [0.4, 0.5) is 5.69 Å². The average Bonchev–Trinajstić information content (AvgIpc) is 3.13. The van der Waals surface area contributed by atoms with Crippen molar-refractivity contribution in [1.29, 1.82) is 0 Å².